The van der Waals surface area contributed by atoms with E-state index < -0.39 is 71.3 Å². The molecule has 1 aromatic heterocycles. The number of nitrogens with zero attached hydrogens (tertiary/aromatic N) is 3. The quantitative estimate of drug-likeness (QED) is 0.0948. The van der Waals surface area contributed by atoms with Crippen molar-refractivity contribution in [1.29, 1.82) is 0 Å². The molecule has 69 heavy (non-hydrogen) atoms. The summed E-state index contributed by atoms with van der Waals surface area (Å²) >= 11 is 1.56. The molecule has 3 amide bonds. The van der Waals surface area contributed by atoms with Crippen LogP contribution < -0.4 is 20.1 Å². The van der Waals surface area contributed by atoms with E-state index in [0.29, 0.717) is 24.2 Å². The molecule has 5 aromatic rings. The van der Waals surface area contributed by atoms with Crippen LogP contribution in [0.1, 0.15) is 93.9 Å². The monoisotopic (exact) mass is 963 g/mol. The first-order valence-electron chi connectivity index (χ1n) is 23.4. The normalized spacial score (nSPS) is 19.8. The molecule has 2 aliphatic heterocycles. The summed E-state index contributed by atoms with van der Waals surface area (Å²) in [5.41, 5.74) is 6.82. The molecular formula is C54H60F3N5O6S. The molecule has 15 heteroatoms. The lowest BCUT2D eigenvalue weighted by Gasteiger charge is -2.44. The summed E-state index contributed by atoms with van der Waals surface area (Å²) in [5, 5.41) is 16.4. The number of benzene rings is 4. The number of halogens is 3. The van der Waals surface area contributed by atoms with Gasteiger partial charge in [0.05, 0.1) is 28.2 Å². The maximum atomic E-state index is 16.3. The first-order chi connectivity index (χ1) is 32.7. The van der Waals surface area contributed by atoms with Gasteiger partial charge < -0.3 is 30.1 Å². The number of hydrogen-bond donors (Lipinski definition) is 3. The van der Waals surface area contributed by atoms with Crippen molar-refractivity contribution in [3.8, 4) is 21.9 Å². The van der Waals surface area contributed by atoms with Gasteiger partial charge in [-0.3, -0.25) is 19.3 Å². The van der Waals surface area contributed by atoms with Crippen LogP contribution in [0.2, 0.25) is 0 Å². The van der Waals surface area contributed by atoms with Gasteiger partial charge in [-0.1, -0.05) is 81.4 Å². The Labute approximate surface area is 405 Å². The smallest absolute Gasteiger partial charge is 0.258 e. The zero-order chi connectivity index (χ0) is 49.4. The van der Waals surface area contributed by atoms with E-state index in [1.165, 1.54) is 30.9 Å². The SMILES string of the molecule is Cc1ncsc1-c1ccc(CNC(=O)[C@@H]2C[C@@H](O)CN2C(=O)[C@@H](NC(=O)COc2cccc(COc3cc(F)c([C@@H]4C5=C(C[C@@H](C)N4CC(C)(C)F)c4ccccc4C5)c(F)c3)c2)C(C)(C)C)cc1. The van der Waals surface area contributed by atoms with Gasteiger partial charge >= 0.3 is 0 Å². The third-order valence-corrected chi connectivity index (χ3v) is 14.1. The third kappa shape index (κ3) is 11.2. The minimum absolute atomic E-state index is 0.00463. The maximum Gasteiger partial charge on any atom is 0.258 e. The van der Waals surface area contributed by atoms with Crippen LogP contribution in [0.25, 0.3) is 16.0 Å². The van der Waals surface area contributed by atoms with E-state index in [9.17, 15) is 19.5 Å². The summed E-state index contributed by atoms with van der Waals surface area (Å²) in [6.07, 6.45) is 0.301. The largest absolute Gasteiger partial charge is 0.489 e. The van der Waals surface area contributed by atoms with E-state index >= 15 is 13.2 Å². The second kappa shape index (κ2) is 20.1. The molecule has 3 aliphatic rings. The van der Waals surface area contributed by atoms with Crippen LogP contribution in [0, 0.1) is 24.0 Å². The number of fused-ring (bicyclic) bond motifs is 2. The Morgan fingerprint density at radius 3 is 2.33 bits per heavy atom. The molecule has 0 unspecified atom stereocenters. The van der Waals surface area contributed by atoms with Crippen LogP contribution in [-0.2, 0) is 34.0 Å². The molecule has 3 N–H and O–H groups in total. The fourth-order valence-corrected chi connectivity index (χ4v) is 10.6. The van der Waals surface area contributed by atoms with Crippen LogP contribution >= 0.6 is 11.3 Å². The number of ether oxygens (including phenoxy) is 2. The van der Waals surface area contributed by atoms with Crippen molar-refractivity contribution in [3.05, 3.63) is 141 Å². The molecule has 0 saturated carbocycles. The first-order valence-corrected chi connectivity index (χ1v) is 24.3. The molecule has 0 radical (unpaired) electrons. The van der Waals surface area contributed by atoms with Gasteiger partial charge in [0, 0.05) is 49.8 Å². The fraction of sp³-hybridized carbons (Fsp3) is 0.407. The van der Waals surface area contributed by atoms with Gasteiger partial charge in [0.1, 0.15) is 47.5 Å². The number of thiazole rings is 1. The summed E-state index contributed by atoms with van der Waals surface area (Å²) in [6.45, 7) is 11.9. The van der Waals surface area contributed by atoms with Crippen LogP contribution in [-0.4, -0.2) is 87.2 Å². The third-order valence-electron chi connectivity index (χ3n) is 13.1. The molecule has 364 valence electrons. The highest BCUT2D eigenvalue weighted by Gasteiger charge is 2.45. The number of hydrogen-bond acceptors (Lipinski definition) is 9. The van der Waals surface area contributed by atoms with Gasteiger partial charge in [-0.15, -0.1) is 11.3 Å². The minimum atomic E-state index is -1.61. The number of likely N-dealkylation sites (tertiary alicyclic amines) is 1. The minimum Gasteiger partial charge on any atom is -0.489 e. The highest BCUT2D eigenvalue weighted by molar-refractivity contribution is 7.13. The highest BCUT2D eigenvalue weighted by atomic mass is 32.1. The lowest BCUT2D eigenvalue weighted by Crippen LogP contribution is -2.58. The van der Waals surface area contributed by atoms with Crippen LogP contribution in [0.15, 0.2) is 96.0 Å². The number of alkyl halides is 1. The van der Waals surface area contributed by atoms with Gasteiger partial charge in [-0.25, -0.2) is 18.2 Å². The molecule has 11 nitrogen and oxygen atoms in total. The van der Waals surface area contributed by atoms with Crippen LogP contribution in [0.5, 0.6) is 11.5 Å². The average molecular weight is 964 g/mol. The van der Waals surface area contributed by atoms with Gasteiger partial charge in [0.2, 0.25) is 11.8 Å². The molecule has 8 rings (SSSR count). The van der Waals surface area contributed by atoms with Crippen molar-refractivity contribution in [2.45, 2.75) is 117 Å². The lowest BCUT2D eigenvalue weighted by molar-refractivity contribution is -0.144. The van der Waals surface area contributed by atoms with Gasteiger partial charge in [-0.05, 0) is 97.0 Å². The van der Waals surface area contributed by atoms with Crippen molar-refractivity contribution in [3.63, 3.8) is 0 Å². The number of aliphatic hydroxyl groups excluding tert-OH is 1. The zero-order valence-corrected chi connectivity index (χ0v) is 40.9. The molecule has 1 fully saturated rings. The summed E-state index contributed by atoms with van der Waals surface area (Å²) in [4.78, 5) is 49.7. The number of carbonyl (C=O) groups excluding carboxylic acids is 3. The molecule has 1 aliphatic carbocycles. The molecule has 0 spiro atoms. The Balaban J connectivity index is 0.881. The van der Waals surface area contributed by atoms with E-state index in [4.69, 9.17) is 9.47 Å². The standard InChI is InChI=1S/C54H60F3N5O6S/c1-31-19-41-40-14-9-8-12-36(40)21-42(41)48(62(31)29-54(6,7)57)47-43(55)23-39(24-44(47)56)67-27-34-11-10-13-38(20-34)68-28-46(64)60-50(53(3,4)5)52(66)61-26-37(63)22-45(61)51(65)58-25-33-15-17-35(18-16-33)49-32(2)59-30-69-49/h8-18,20,23-24,30-31,37,45,48,50,63H,19,21-22,25-29H2,1-7H3,(H,58,65)(H,60,64)/t31-,37-,45+,48+,50-/m1/s1. The van der Waals surface area contributed by atoms with Crippen molar-refractivity contribution in [2.75, 3.05) is 19.7 Å². The van der Waals surface area contributed by atoms with Crippen molar-refractivity contribution in [2.24, 2.45) is 5.41 Å². The number of β-amino-alcohol motifs (C(OH)–C–C–N with tert-alkyl or cyclic N) is 1. The highest BCUT2D eigenvalue weighted by Crippen LogP contribution is 2.50. The second-order valence-corrected chi connectivity index (χ2v) is 21.0. The van der Waals surface area contributed by atoms with E-state index in [0.717, 1.165) is 44.0 Å². The van der Waals surface area contributed by atoms with Gasteiger partial charge in [-0.2, -0.15) is 0 Å². The first kappa shape index (κ1) is 49.4. The number of amides is 3. The van der Waals surface area contributed by atoms with Crippen molar-refractivity contribution < 1.29 is 42.1 Å². The number of nitrogens with one attached hydrogen (secondary N) is 2. The van der Waals surface area contributed by atoms with Crippen LogP contribution in [0.3, 0.4) is 0 Å². The Kier molecular flexibility index (Phi) is 14.4. The van der Waals surface area contributed by atoms with E-state index in [1.54, 1.807) is 61.9 Å². The molecule has 5 atom stereocenters. The Bertz CT molecular complexity index is 2720. The molecule has 1 saturated heterocycles. The topological polar surface area (TPSA) is 133 Å². The Hall–Kier alpha value is -6.03. The maximum absolute atomic E-state index is 16.3. The lowest BCUT2D eigenvalue weighted by atomic mass is 9.84. The van der Waals surface area contributed by atoms with Crippen molar-refractivity contribution in [1.82, 2.24) is 25.4 Å². The number of carbonyl (C=O) groups is 3. The number of aliphatic hydroxyl groups is 1. The molecule has 0 bridgehead atoms. The van der Waals surface area contributed by atoms with Gasteiger partial charge in [0.15, 0.2) is 6.61 Å². The predicted molar refractivity (Wildman–Crippen MR) is 260 cm³/mol. The summed E-state index contributed by atoms with van der Waals surface area (Å²) in [5.74, 6) is -2.79. The number of aromatic nitrogens is 1. The Morgan fingerprint density at radius 2 is 1.65 bits per heavy atom. The fourth-order valence-electron chi connectivity index (χ4n) is 9.77. The summed E-state index contributed by atoms with van der Waals surface area (Å²) in [6, 6.07) is 21.8. The number of rotatable bonds is 15. The average Bonchev–Trinajstić information content (AvgIpc) is 4.02. The summed E-state index contributed by atoms with van der Waals surface area (Å²) in [7, 11) is 0. The van der Waals surface area contributed by atoms with E-state index in [-0.39, 0.29) is 50.0 Å². The van der Waals surface area contributed by atoms with E-state index in [1.807, 2.05) is 67.3 Å². The molecular weight excluding hydrogens is 904 g/mol. The zero-order valence-electron chi connectivity index (χ0n) is 40.1. The van der Waals surface area contributed by atoms with Crippen molar-refractivity contribution >= 4 is 34.6 Å². The van der Waals surface area contributed by atoms with E-state index in [2.05, 4.69) is 15.6 Å². The predicted octanol–water partition coefficient (Wildman–Crippen LogP) is 9.06. The Morgan fingerprint density at radius 1 is 0.928 bits per heavy atom. The van der Waals surface area contributed by atoms with Gasteiger partial charge in [0.25, 0.3) is 5.91 Å². The summed E-state index contributed by atoms with van der Waals surface area (Å²) < 4.78 is 59.7. The second-order valence-electron chi connectivity index (χ2n) is 20.2. The molecule has 3 heterocycles. The van der Waals surface area contributed by atoms with Crippen LogP contribution in [0.4, 0.5) is 13.2 Å². The number of aryl methyl sites for hydroxylation is 1. The molecule has 4 aromatic carbocycles.